The largest absolute Gasteiger partial charge is 0.486 e. The second kappa shape index (κ2) is 5.62. The normalized spacial score (nSPS) is 13.7. The average molecular weight is 339 g/mol. The summed E-state index contributed by atoms with van der Waals surface area (Å²) >= 11 is 1.10. The molecule has 0 saturated carbocycles. The SMILES string of the molecule is Cc1ccc(S(=O)(=O)NC(=O)c2cccc3c2OCCO3)s1. The third-order valence-corrected chi connectivity index (χ3v) is 5.84. The van der Waals surface area contributed by atoms with Gasteiger partial charge in [0, 0.05) is 4.88 Å². The standard InChI is InChI=1S/C14H13NO5S2/c1-9-5-6-12(21-9)22(17,18)15-14(16)10-3-2-4-11-13(10)20-8-7-19-11/h2-6H,7-8H2,1H3,(H,15,16). The molecule has 1 aromatic heterocycles. The quantitative estimate of drug-likeness (QED) is 0.924. The first-order chi connectivity index (χ1) is 10.5. The van der Waals surface area contributed by atoms with E-state index in [-0.39, 0.29) is 15.5 Å². The number of carbonyl (C=O) groups excluding carboxylic acids is 1. The maximum atomic E-state index is 12.3. The van der Waals surface area contributed by atoms with Crippen LogP contribution in [0.2, 0.25) is 0 Å². The van der Waals surface area contributed by atoms with Crippen LogP contribution in [0.5, 0.6) is 11.5 Å². The van der Waals surface area contributed by atoms with E-state index in [0.29, 0.717) is 19.0 Å². The fraction of sp³-hybridized carbons (Fsp3) is 0.214. The van der Waals surface area contributed by atoms with Crippen molar-refractivity contribution in [3.8, 4) is 11.5 Å². The number of hydrogen-bond acceptors (Lipinski definition) is 6. The zero-order valence-electron chi connectivity index (χ0n) is 11.7. The van der Waals surface area contributed by atoms with Gasteiger partial charge in [-0.3, -0.25) is 4.79 Å². The van der Waals surface area contributed by atoms with Crippen molar-refractivity contribution in [3.05, 3.63) is 40.8 Å². The molecule has 22 heavy (non-hydrogen) atoms. The molecule has 0 spiro atoms. The number of hydrogen-bond donors (Lipinski definition) is 1. The van der Waals surface area contributed by atoms with Crippen LogP contribution in [0.1, 0.15) is 15.2 Å². The molecule has 0 aliphatic carbocycles. The molecule has 0 saturated heterocycles. The third kappa shape index (κ3) is 2.79. The first-order valence-electron chi connectivity index (χ1n) is 6.49. The van der Waals surface area contributed by atoms with Crippen LogP contribution >= 0.6 is 11.3 Å². The maximum absolute atomic E-state index is 12.3. The topological polar surface area (TPSA) is 81.7 Å². The number of para-hydroxylation sites is 1. The first kappa shape index (κ1) is 14.9. The number of carbonyl (C=O) groups is 1. The van der Waals surface area contributed by atoms with Gasteiger partial charge in [-0.05, 0) is 31.2 Å². The van der Waals surface area contributed by atoms with Gasteiger partial charge in [0.2, 0.25) is 0 Å². The molecule has 0 fully saturated rings. The van der Waals surface area contributed by atoms with Crippen molar-refractivity contribution in [2.24, 2.45) is 0 Å². The minimum atomic E-state index is -3.89. The Morgan fingerprint density at radius 1 is 1.18 bits per heavy atom. The Labute approximate surface area is 131 Å². The van der Waals surface area contributed by atoms with E-state index >= 15 is 0 Å². The van der Waals surface area contributed by atoms with Crippen molar-refractivity contribution in [3.63, 3.8) is 0 Å². The van der Waals surface area contributed by atoms with Gasteiger partial charge >= 0.3 is 0 Å². The van der Waals surface area contributed by atoms with Gasteiger partial charge in [-0.2, -0.15) is 0 Å². The van der Waals surface area contributed by atoms with Crippen LogP contribution in [0, 0.1) is 6.92 Å². The van der Waals surface area contributed by atoms with Gasteiger partial charge < -0.3 is 9.47 Å². The number of nitrogens with one attached hydrogen (secondary N) is 1. The van der Waals surface area contributed by atoms with Crippen LogP contribution in [0.15, 0.2) is 34.5 Å². The number of sulfonamides is 1. The van der Waals surface area contributed by atoms with E-state index in [0.717, 1.165) is 16.2 Å². The number of amides is 1. The molecule has 0 atom stereocenters. The van der Waals surface area contributed by atoms with Gasteiger partial charge in [-0.25, -0.2) is 13.1 Å². The van der Waals surface area contributed by atoms with Gasteiger partial charge in [0.15, 0.2) is 11.5 Å². The number of benzene rings is 1. The van der Waals surface area contributed by atoms with Gasteiger partial charge in [-0.15, -0.1) is 11.3 Å². The number of rotatable bonds is 3. The van der Waals surface area contributed by atoms with Crippen LogP contribution < -0.4 is 14.2 Å². The van der Waals surface area contributed by atoms with Crippen molar-refractivity contribution in [2.75, 3.05) is 13.2 Å². The Hall–Kier alpha value is -2.06. The van der Waals surface area contributed by atoms with Crippen LogP contribution in [0.3, 0.4) is 0 Å². The molecule has 1 amide bonds. The van der Waals surface area contributed by atoms with Crippen molar-refractivity contribution in [2.45, 2.75) is 11.1 Å². The van der Waals surface area contributed by atoms with Gasteiger partial charge in [0.25, 0.3) is 15.9 Å². The van der Waals surface area contributed by atoms with E-state index in [1.54, 1.807) is 25.1 Å². The lowest BCUT2D eigenvalue weighted by Crippen LogP contribution is -2.31. The average Bonchev–Trinajstić information content (AvgIpc) is 2.94. The molecule has 2 aromatic rings. The third-order valence-electron chi connectivity index (χ3n) is 3.02. The zero-order chi connectivity index (χ0) is 15.7. The van der Waals surface area contributed by atoms with E-state index in [2.05, 4.69) is 4.72 Å². The highest BCUT2D eigenvalue weighted by atomic mass is 32.2. The Bertz CT molecular complexity index is 826. The number of fused-ring (bicyclic) bond motifs is 1. The van der Waals surface area contributed by atoms with E-state index in [9.17, 15) is 13.2 Å². The number of aryl methyl sites for hydroxylation is 1. The fourth-order valence-electron chi connectivity index (χ4n) is 2.04. The summed E-state index contributed by atoms with van der Waals surface area (Å²) in [5.74, 6) is -0.0412. The molecular formula is C14H13NO5S2. The lowest BCUT2D eigenvalue weighted by atomic mass is 10.1. The summed E-state index contributed by atoms with van der Waals surface area (Å²) < 4.78 is 37.4. The van der Waals surface area contributed by atoms with Crippen LogP contribution in [-0.4, -0.2) is 27.5 Å². The van der Waals surface area contributed by atoms with Crippen molar-refractivity contribution >= 4 is 27.3 Å². The Morgan fingerprint density at radius 2 is 1.95 bits per heavy atom. The molecule has 0 radical (unpaired) electrons. The molecule has 0 unspecified atom stereocenters. The number of ether oxygens (including phenoxy) is 2. The minimum Gasteiger partial charge on any atom is -0.486 e. The van der Waals surface area contributed by atoms with Gasteiger partial charge in [0.1, 0.15) is 17.4 Å². The molecule has 1 aromatic carbocycles. The number of thiophene rings is 1. The molecule has 8 heteroatoms. The highest BCUT2D eigenvalue weighted by Crippen LogP contribution is 2.33. The van der Waals surface area contributed by atoms with E-state index < -0.39 is 15.9 Å². The summed E-state index contributed by atoms with van der Waals surface area (Å²) in [6, 6.07) is 7.94. The minimum absolute atomic E-state index is 0.0975. The summed E-state index contributed by atoms with van der Waals surface area (Å²) in [4.78, 5) is 13.1. The summed E-state index contributed by atoms with van der Waals surface area (Å²) in [7, 11) is -3.89. The van der Waals surface area contributed by atoms with Crippen molar-refractivity contribution in [1.82, 2.24) is 4.72 Å². The van der Waals surface area contributed by atoms with Crippen LogP contribution in [-0.2, 0) is 10.0 Å². The van der Waals surface area contributed by atoms with Gasteiger partial charge in [-0.1, -0.05) is 6.07 Å². The Morgan fingerprint density at radius 3 is 2.68 bits per heavy atom. The molecular weight excluding hydrogens is 326 g/mol. The van der Waals surface area contributed by atoms with E-state index in [4.69, 9.17) is 9.47 Å². The molecule has 1 N–H and O–H groups in total. The molecule has 1 aliphatic heterocycles. The van der Waals surface area contributed by atoms with Crippen LogP contribution in [0.25, 0.3) is 0 Å². The maximum Gasteiger partial charge on any atom is 0.273 e. The second-order valence-corrected chi connectivity index (χ2v) is 7.83. The highest BCUT2D eigenvalue weighted by Gasteiger charge is 2.25. The fourth-order valence-corrected chi connectivity index (χ4v) is 4.29. The predicted octanol–water partition coefficient (Wildman–Crippen LogP) is 1.95. The lowest BCUT2D eigenvalue weighted by Gasteiger charge is -2.20. The summed E-state index contributed by atoms with van der Waals surface area (Å²) in [6.07, 6.45) is 0. The predicted molar refractivity (Wildman–Crippen MR) is 81.1 cm³/mol. The monoisotopic (exact) mass is 339 g/mol. The molecule has 3 rings (SSSR count). The van der Waals surface area contributed by atoms with Crippen molar-refractivity contribution in [1.29, 1.82) is 0 Å². The van der Waals surface area contributed by atoms with E-state index in [1.165, 1.54) is 12.1 Å². The Kier molecular flexibility index (Phi) is 3.79. The summed E-state index contributed by atoms with van der Waals surface area (Å²) in [6.45, 7) is 2.50. The molecule has 0 bridgehead atoms. The van der Waals surface area contributed by atoms with Crippen molar-refractivity contribution < 1.29 is 22.7 Å². The molecule has 116 valence electrons. The smallest absolute Gasteiger partial charge is 0.273 e. The zero-order valence-corrected chi connectivity index (χ0v) is 13.3. The Balaban J connectivity index is 1.89. The first-order valence-corrected chi connectivity index (χ1v) is 8.79. The second-order valence-electron chi connectivity index (χ2n) is 4.63. The highest BCUT2D eigenvalue weighted by molar-refractivity contribution is 7.92. The molecule has 1 aliphatic rings. The van der Waals surface area contributed by atoms with Crippen LogP contribution in [0.4, 0.5) is 0 Å². The summed E-state index contributed by atoms with van der Waals surface area (Å²) in [5.41, 5.74) is 0.133. The van der Waals surface area contributed by atoms with Gasteiger partial charge in [0.05, 0.1) is 5.56 Å². The molecule has 2 heterocycles. The molecule has 6 nitrogen and oxygen atoms in total. The lowest BCUT2D eigenvalue weighted by molar-refractivity contribution is 0.0970. The van der Waals surface area contributed by atoms with E-state index in [1.807, 2.05) is 0 Å². The summed E-state index contributed by atoms with van der Waals surface area (Å²) in [5, 5.41) is 0.